The number of hydrogen-bond acceptors (Lipinski definition) is 2. The fourth-order valence-electron chi connectivity index (χ4n) is 2.06. The maximum Gasteiger partial charge on any atom is 0.154 e. The molecular formula is C14H18ClN3. The van der Waals surface area contributed by atoms with E-state index in [0.29, 0.717) is 5.88 Å². The van der Waals surface area contributed by atoms with Gasteiger partial charge in [0.2, 0.25) is 0 Å². The van der Waals surface area contributed by atoms with Gasteiger partial charge < -0.3 is 0 Å². The van der Waals surface area contributed by atoms with Gasteiger partial charge in [-0.15, -0.1) is 11.6 Å². The maximum atomic E-state index is 5.95. The Bertz CT molecular complexity index is 546. The average molecular weight is 264 g/mol. The molecule has 0 radical (unpaired) electrons. The molecule has 0 atom stereocenters. The second kappa shape index (κ2) is 5.53. The van der Waals surface area contributed by atoms with Crippen molar-refractivity contribution in [2.75, 3.05) is 0 Å². The average Bonchev–Trinajstić information content (AvgIpc) is 2.68. The lowest BCUT2D eigenvalue weighted by atomic mass is 10.2. The monoisotopic (exact) mass is 263 g/mol. The van der Waals surface area contributed by atoms with Crippen molar-refractivity contribution in [1.29, 1.82) is 0 Å². The first kappa shape index (κ1) is 13.1. The van der Waals surface area contributed by atoms with Crippen LogP contribution in [0.15, 0.2) is 18.2 Å². The highest BCUT2D eigenvalue weighted by atomic mass is 35.5. The van der Waals surface area contributed by atoms with Gasteiger partial charge in [-0.3, -0.25) is 0 Å². The molecule has 0 bridgehead atoms. The molecular weight excluding hydrogens is 246 g/mol. The lowest BCUT2D eigenvalue weighted by Gasteiger charge is -2.08. The minimum atomic E-state index is 0.505. The molecule has 0 N–H and O–H groups in total. The van der Waals surface area contributed by atoms with E-state index in [2.05, 4.69) is 29.1 Å². The lowest BCUT2D eigenvalue weighted by molar-refractivity contribution is 0.783. The quantitative estimate of drug-likeness (QED) is 0.790. The van der Waals surface area contributed by atoms with Gasteiger partial charge in [-0.05, 0) is 44.0 Å². The summed E-state index contributed by atoms with van der Waals surface area (Å²) in [4.78, 5) is 4.66. The number of nitrogens with zero attached hydrogens (tertiary/aromatic N) is 3. The third-order valence-electron chi connectivity index (χ3n) is 2.81. The highest BCUT2D eigenvalue weighted by Crippen LogP contribution is 2.15. The van der Waals surface area contributed by atoms with Crippen LogP contribution in [0.5, 0.6) is 0 Å². The Labute approximate surface area is 113 Å². The van der Waals surface area contributed by atoms with Gasteiger partial charge in [-0.2, -0.15) is 5.10 Å². The first-order chi connectivity index (χ1) is 8.63. The molecule has 0 aliphatic heterocycles. The number of pyridine rings is 1. The predicted molar refractivity (Wildman–Crippen MR) is 74.4 cm³/mol. The number of hydrogen-bond donors (Lipinski definition) is 0. The minimum Gasteiger partial charge on any atom is -0.234 e. The van der Waals surface area contributed by atoms with Crippen LogP contribution in [0.4, 0.5) is 0 Å². The van der Waals surface area contributed by atoms with E-state index in [0.717, 1.165) is 41.3 Å². The number of aromatic nitrogens is 3. The summed E-state index contributed by atoms with van der Waals surface area (Å²) in [5.74, 6) is 1.37. The van der Waals surface area contributed by atoms with Crippen molar-refractivity contribution >= 4 is 11.6 Å². The van der Waals surface area contributed by atoms with Crippen LogP contribution in [-0.4, -0.2) is 14.8 Å². The van der Waals surface area contributed by atoms with Crippen molar-refractivity contribution in [2.45, 2.75) is 39.5 Å². The highest BCUT2D eigenvalue weighted by molar-refractivity contribution is 6.17. The van der Waals surface area contributed by atoms with Gasteiger partial charge in [0.15, 0.2) is 5.82 Å². The molecule has 0 aromatic carbocycles. The number of alkyl halides is 1. The molecule has 18 heavy (non-hydrogen) atoms. The Balaban J connectivity index is 2.49. The third-order valence-corrected chi connectivity index (χ3v) is 3.12. The molecule has 0 aliphatic carbocycles. The molecule has 2 heterocycles. The zero-order valence-electron chi connectivity index (χ0n) is 11.1. The topological polar surface area (TPSA) is 30.7 Å². The van der Waals surface area contributed by atoms with Crippen molar-refractivity contribution in [3.63, 3.8) is 0 Å². The van der Waals surface area contributed by atoms with Gasteiger partial charge in [-0.25, -0.2) is 9.67 Å². The fourth-order valence-corrected chi connectivity index (χ4v) is 2.22. The number of halogens is 1. The Morgan fingerprint density at radius 1 is 1.22 bits per heavy atom. The van der Waals surface area contributed by atoms with Crippen LogP contribution >= 0.6 is 11.6 Å². The minimum absolute atomic E-state index is 0.505. The molecule has 0 saturated carbocycles. The van der Waals surface area contributed by atoms with Gasteiger partial charge in [-0.1, -0.05) is 13.3 Å². The first-order valence-electron chi connectivity index (χ1n) is 6.23. The molecule has 96 valence electrons. The van der Waals surface area contributed by atoms with Crippen LogP contribution in [-0.2, 0) is 12.3 Å². The number of rotatable bonds is 4. The maximum absolute atomic E-state index is 5.95. The van der Waals surface area contributed by atoms with Crippen molar-refractivity contribution in [1.82, 2.24) is 14.8 Å². The molecule has 2 aromatic heterocycles. The SMILES string of the molecule is CCCc1cc(CCl)cc(-n2nc(C)cc2C)n1. The second-order valence-electron chi connectivity index (χ2n) is 4.55. The summed E-state index contributed by atoms with van der Waals surface area (Å²) >= 11 is 5.95. The van der Waals surface area contributed by atoms with Crippen LogP contribution in [0.1, 0.15) is 36.0 Å². The van der Waals surface area contributed by atoms with E-state index in [4.69, 9.17) is 11.6 Å². The molecule has 3 nitrogen and oxygen atoms in total. The van der Waals surface area contributed by atoms with Crippen LogP contribution < -0.4 is 0 Å². The summed E-state index contributed by atoms with van der Waals surface area (Å²) in [6.45, 7) is 6.18. The molecule has 0 aliphatic rings. The molecule has 2 rings (SSSR count). The molecule has 2 aromatic rings. The number of aryl methyl sites for hydroxylation is 3. The first-order valence-corrected chi connectivity index (χ1v) is 6.77. The van der Waals surface area contributed by atoms with Gasteiger partial charge in [0, 0.05) is 17.3 Å². The normalized spacial score (nSPS) is 10.9. The molecule has 4 heteroatoms. The van der Waals surface area contributed by atoms with Crippen molar-refractivity contribution < 1.29 is 0 Å². The predicted octanol–water partition coefficient (Wildman–Crippen LogP) is 3.58. The van der Waals surface area contributed by atoms with Gasteiger partial charge in [0.05, 0.1) is 5.69 Å². The Morgan fingerprint density at radius 3 is 2.56 bits per heavy atom. The van der Waals surface area contributed by atoms with E-state index in [9.17, 15) is 0 Å². The van der Waals surface area contributed by atoms with Crippen LogP contribution in [0, 0.1) is 13.8 Å². The molecule has 0 fully saturated rings. The summed E-state index contributed by atoms with van der Waals surface area (Å²) in [6.07, 6.45) is 2.05. The van der Waals surface area contributed by atoms with Gasteiger partial charge in [0.25, 0.3) is 0 Å². The van der Waals surface area contributed by atoms with E-state index in [1.165, 1.54) is 0 Å². The Hall–Kier alpha value is -1.35. The molecule has 0 amide bonds. The zero-order chi connectivity index (χ0) is 13.1. The van der Waals surface area contributed by atoms with Crippen molar-refractivity contribution in [3.05, 3.63) is 40.8 Å². The lowest BCUT2D eigenvalue weighted by Crippen LogP contribution is -2.05. The summed E-state index contributed by atoms with van der Waals surface area (Å²) in [7, 11) is 0. The Morgan fingerprint density at radius 2 is 2.00 bits per heavy atom. The molecule has 0 saturated heterocycles. The largest absolute Gasteiger partial charge is 0.234 e. The van der Waals surface area contributed by atoms with Crippen molar-refractivity contribution in [3.8, 4) is 5.82 Å². The van der Waals surface area contributed by atoms with E-state index >= 15 is 0 Å². The van der Waals surface area contributed by atoms with Crippen molar-refractivity contribution in [2.24, 2.45) is 0 Å². The summed E-state index contributed by atoms with van der Waals surface area (Å²) < 4.78 is 1.88. The second-order valence-corrected chi connectivity index (χ2v) is 4.81. The standard InChI is InChI=1S/C14H18ClN3/c1-4-5-13-7-12(9-15)8-14(16-13)18-11(3)6-10(2)17-18/h6-8H,4-5,9H2,1-3H3. The molecule has 0 spiro atoms. The van der Waals surface area contributed by atoms with Gasteiger partial charge >= 0.3 is 0 Å². The zero-order valence-corrected chi connectivity index (χ0v) is 11.8. The summed E-state index contributed by atoms with van der Waals surface area (Å²) in [5.41, 5.74) is 4.27. The highest BCUT2D eigenvalue weighted by Gasteiger charge is 2.08. The van der Waals surface area contributed by atoms with Gasteiger partial charge in [0.1, 0.15) is 0 Å². The van der Waals surface area contributed by atoms with E-state index in [1.54, 1.807) is 0 Å². The summed E-state index contributed by atoms with van der Waals surface area (Å²) in [5, 5.41) is 4.47. The van der Waals surface area contributed by atoms with Crippen LogP contribution in [0.3, 0.4) is 0 Å². The smallest absolute Gasteiger partial charge is 0.154 e. The van der Waals surface area contributed by atoms with E-state index in [1.807, 2.05) is 24.6 Å². The summed E-state index contributed by atoms with van der Waals surface area (Å²) in [6, 6.07) is 6.13. The van der Waals surface area contributed by atoms with E-state index < -0.39 is 0 Å². The molecule has 0 unspecified atom stereocenters. The fraction of sp³-hybridized carbons (Fsp3) is 0.429. The van der Waals surface area contributed by atoms with E-state index in [-0.39, 0.29) is 0 Å². The van der Waals surface area contributed by atoms with Crippen LogP contribution in [0.2, 0.25) is 0 Å². The Kier molecular flexibility index (Phi) is 4.02. The van der Waals surface area contributed by atoms with Crippen LogP contribution in [0.25, 0.3) is 5.82 Å². The third kappa shape index (κ3) is 2.72.